The highest BCUT2D eigenvalue weighted by molar-refractivity contribution is 5.99. The number of hydrogen-bond acceptors (Lipinski definition) is 3. The van der Waals surface area contributed by atoms with Gasteiger partial charge in [-0.3, -0.25) is 4.90 Å². The van der Waals surface area contributed by atoms with Crippen LogP contribution in [0.1, 0.15) is 16.7 Å². The highest BCUT2D eigenvalue weighted by Crippen LogP contribution is 2.37. The van der Waals surface area contributed by atoms with Crippen LogP contribution in [-0.2, 0) is 22.6 Å². The van der Waals surface area contributed by atoms with Crippen LogP contribution in [0.2, 0.25) is 0 Å². The average Bonchev–Trinajstić information content (AvgIpc) is 2.99. The lowest BCUT2D eigenvalue weighted by molar-refractivity contribution is -0.138. The smallest absolute Gasteiger partial charge is 0.415 e. The van der Waals surface area contributed by atoms with Gasteiger partial charge >= 0.3 is 12.1 Å². The third-order valence-electron chi connectivity index (χ3n) is 4.06. The molecule has 124 valence electrons. The van der Waals surface area contributed by atoms with Crippen molar-refractivity contribution in [2.75, 3.05) is 4.90 Å². The van der Waals surface area contributed by atoms with Gasteiger partial charge in [0.2, 0.25) is 0 Å². The molecule has 5 nitrogen and oxygen atoms in total. The number of aliphatic carboxylic acids is 1. The van der Waals surface area contributed by atoms with Gasteiger partial charge in [-0.2, -0.15) is 0 Å². The average molecular weight is 329 g/mol. The summed E-state index contributed by atoms with van der Waals surface area (Å²) in [5.74, 6) is -1.71. The summed E-state index contributed by atoms with van der Waals surface area (Å²) in [4.78, 5) is 25.0. The summed E-state index contributed by atoms with van der Waals surface area (Å²) >= 11 is 0. The molecule has 0 saturated heterocycles. The van der Waals surface area contributed by atoms with E-state index in [2.05, 4.69) is 0 Å². The summed E-state index contributed by atoms with van der Waals surface area (Å²) in [5, 5.41) is 9.40. The number of anilines is 1. The third-order valence-corrected chi connectivity index (χ3v) is 4.06. The fraction of sp³-hybridized carbons (Fsp3) is 0.222. The second-order valence-electron chi connectivity index (χ2n) is 5.66. The summed E-state index contributed by atoms with van der Waals surface area (Å²) in [7, 11) is 0. The van der Waals surface area contributed by atoms with E-state index in [9.17, 15) is 19.1 Å². The van der Waals surface area contributed by atoms with Crippen LogP contribution in [0.15, 0.2) is 42.5 Å². The number of aryl methyl sites for hydroxylation is 1. The number of carboxylic acids is 1. The van der Waals surface area contributed by atoms with Crippen molar-refractivity contribution < 1.29 is 23.8 Å². The Labute approximate surface area is 138 Å². The van der Waals surface area contributed by atoms with Crippen LogP contribution >= 0.6 is 0 Å². The van der Waals surface area contributed by atoms with E-state index in [-0.39, 0.29) is 18.6 Å². The number of rotatable bonds is 3. The first-order valence-corrected chi connectivity index (χ1v) is 7.49. The monoisotopic (exact) mass is 329 g/mol. The number of halogens is 1. The number of carbonyl (C=O) groups is 2. The maximum atomic E-state index is 14.0. The Morgan fingerprint density at radius 3 is 2.62 bits per heavy atom. The molecule has 1 heterocycles. The fourth-order valence-corrected chi connectivity index (χ4v) is 2.90. The summed E-state index contributed by atoms with van der Waals surface area (Å²) in [5.41, 5.74) is 1.94. The van der Waals surface area contributed by atoms with Crippen LogP contribution in [-0.4, -0.2) is 23.2 Å². The second-order valence-corrected chi connectivity index (χ2v) is 5.66. The van der Waals surface area contributed by atoms with E-state index in [0.717, 1.165) is 10.5 Å². The molecule has 1 aliphatic rings. The summed E-state index contributed by atoms with van der Waals surface area (Å²) in [6.45, 7) is 1.73. The van der Waals surface area contributed by atoms with E-state index < -0.39 is 23.9 Å². The Balaban J connectivity index is 1.88. The quantitative estimate of drug-likeness (QED) is 0.938. The van der Waals surface area contributed by atoms with Crippen molar-refractivity contribution in [3.05, 3.63) is 65.0 Å². The molecule has 0 bridgehead atoms. The second kappa shape index (κ2) is 6.31. The van der Waals surface area contributed by atoms with Gasteiger partial charge in [0.15, 0.2) is 0 Å². The molecule has 0 unspecified atom stereocenters. The van der Waals surface area contributed by atoms with Gasteiger partial charge in [-0.05, 0) is 24.1 Å². The molecule has 0 radical (unpaired) electrons. The van der Waals surface area contributed by atoms with Crippen molar-refractivity contribution in [3.63, 3.8) is 0 Å². The molecule has 6 heteroatoms. The molecule has 24 heavy (non-hydrogen) atoms. The first kappa shape index (κ1) is 16.0. The lowest BCUT2D eigenvalue weighted by Crippen LogP contribution is -2.43. The predicted molar refractivity (Wildman–Crippen MR) is 85.4 cm³/mol. The van der Waals surface area contributed by atoms with E-state index in [1.165, 1.54) is 12.1 Å². The number of benzene rings is 2. The molecule has 1 N–H and O–H groups in total. The van der Waals surface area contributed by atoms with Crippen molar-refractivity contribution in [3.8, 4) is 0 Å². The largest absolute Gasteiger partial charge is 0.480 e. The van der Waals surface area contributed by atoms with Crippen molar-refractivity contribution in [2.45, 2.75) is 26.0 Å². The number of carboxylic acid groups (broad SMARTS) is 1. The molecule has 0 aromatic heterocycles. The van der Waals surface area contributed by atoms with E-state index in [0.29, 0.717) is 11.3 Å². The minimum Gasteiger partial charge on any atom is -0.480 e. The number of carbonyl (C=O) groups excluding carboxylic acids is 1. The van der Waals surface area contributed by atoms with Crippen LogP contribution in [0, 0.1) is 12.7 Å². The van der Waals surface area contributed by atoms with Gasteiger partial charge in [-0.15, -0.1) is 0 Å². The third kappa shape index (κ3) is 2.82. The van der Waals surface area contributed by atoms with E-state index in [1.54, 1.807) is 19.1 Å². The zero-order chi connectivity index (χ0) is 17.3. The van der Waals surface area contributed by atoms with Crippen molar-refractivity contribution in [1.29, 1.82) is 0 Å². The molecule has 0 aliphatic carbocycles. The van der Waals surface area contributed by atoms with Gasteiger partial charge in [0.05, 0.1) is 5.69 Å². The summed E-state index contributed by atoms with van der Waals surface area (Å²) in [6.07, 6.45) is -0.864. The zero-order valence-corrected chi connectivity index (χ0v) is 13.0. The molecule has 3 rings (SSSR count). The van der Waals surface area contributed by atoms with Gasteiger partial charge in [-0.1, -0.05) is 36.4 Å². The molecule has 1 atom stereocenters. The van der Waals surface area contributed by atoms with Crippen molar-refractivity contribution in [1.82, 2.24) is 0 Å². The predicted octanol–water partition coefficient (Wildman–Crippen LogP) is 3.29. The Bertz CT molecular complexity index is 791. The van der Waals surface area contributed by atoms with Crippen molar-refractivity contribution >= 4 is 17.7 Å². The number of fused-ring (bicyclic) bond motifs is 1. The van der Waals surface area contributed by atoms with E-state index in [1.807, 2.05) is 18.2 Å². The first-order valence-electron chi connectivity index (χ1n) is 7.49. The maximum Gasteiger partial charge on any atom is 0.415 e. The topological polar surface area (TPSA) is 66.8 Å². The molecule has 1 amide bonds. The van der Waals surface area contributed by atoms with Gasteiger partial charge in [0.1, 0.15) is 18.5 Å². The Morgan fingerprint density at radius 1 is 1.25 bits per heavy atom. The molecule has 0 saturated carbocycles. The van der Waals surface area contributed by atoms with Crippen LogP contribution < -0.4 is 4.90 Å². The van der Waals surface area contributed by atoms with E-state index in [4.69, 9.17) is 4.74 Å². The molecule has 2 aromatic carbocycles. The highest BCUT2D eigenvalue weighted by Gasteiger charge is 2.41. The number of hydrogen-bond donors (Lipinski definition) is 1. The molecule has 1 aliphatic heterocycles. The number of ether oxygens (including phenoxy) is 1. The molecular weight excluding hydrogens is 313 g/mol. The summed E-state index contributed by atoms with van der Waals surface area (Å²) < 4.78 is 19.3. The standard InChI is InChI=1S/C18H16FNO4/c1-11-7-8-14(19)13-9-15(17(21)22)20(16(11)13)18(23)24-10-12-5-3-2-4-6-12/h2-8,15H,9-10H2,1H3,(H,21,22)/t15-/m0/s1. The van der Waals surface area contributed by atoms with Gasteiger partial charge in [0, 0.05) is 12.0 Å². The minimum atomic E-state index is -1.19. The first-order chi connectivity index (χ1) is 11.5. The van der Waals surface area contributed by atoms with Gasteiger partial charge in [0.25, 0.3) is 0 Å². The lowest BCUT2D eigenvalue weighted by atomic mass is 10.1. The summed E-state index contributed by atoms with van der Waals surface area (Å²) in [6, 6.07) is 10.7. The number of nitrogens with zero attached hydrogens (tertiary/aromatic N) is 1. The maximum absolute atomic E-state index is 14.0. The fourth-order valence-electron chi connectivity index (χ4n) is 2.90. The van der Waals surface area contributed by atoms with Crippen LogP contribution in [0.25, 0.3) is 0 Å². The Kier molecular flexibility index (Phi) is 4.20. The number of amides is 1. The lowest BCUT2D eigenvalue weighted by Gasteiger charge is -2.23. The highest BCUT2D eigenvalue weighted by atomic mass is 19.1. The Hall–Kier alpha value is -2.89. The van der Waals surface area contributed by atoms with Gasteiger partial charge in [-0.25, -0.2) is 14.0 Å². The van der Waals surface area contributed by atoms with Crippen LogP contribution in [0.3, 0.4) is 0 Å². The molecular formula is C18H16FNO4. The van der Waals surface area contributed by atoms with E-state index >= 15 is 0 Å². The zero-order valence-electron chi connectivity index (χ0n) is 13.0. The van der Waals surface area contributed by atoms with Crippen LogP contribution in [0.4, 0.5) is 14.9 Å². The van der Waals surface area contributed by atoms with Crippen LogP contribution in [0.5, 0.6) is 0 Å². The SMILES string of the molecule is Cc1ccc(F)c2c1N(C(=O)OCc1ccccc1)[C@H](C(=O)O)C2. The molecule has 2 aromatic rings. The van der Waals surface area contributed by atoms with Crippen molar-refractivity contribution in [2.24, 2.45) is 0 Å². The minimum absolute atomic E-state index is 0.0200. The molecule has 0 fully saturated rings. The normalized spacial score (nSPS) is 15.9. The van der Waals surface area contributed by atoms with Gasteiger partial charge < -0.3 is 9.84 Å². The molecule has 0 spiro atoms. The Morgan fingerprint density at radius 2 is 1.96 bits per heavy atom.